The van der Waals surface area contributed by atoms with Gasteiger partial charge in [-0.15, -0.1) is 23.2 Å². The Morgan fingerprint density at radius 2 is 1.43 bits per heavy atom. The van der Waals surface area contributed by atoms with Crippen LogP contribution in [0, 0.1) is 0 Å². The van der Waals surface area contributed by atoms with E-state index in [-0.39, 0.29) is 5.56 Å². The van der Waals surface area contributed by atoms with E-state index in [1.54, 1.807) is 24.3 Å². The summed E-state index contributed by atoms with van der Waals surface area (Å²) < 4.78 is 39.4. The minimum atomic E-state index is -4.47. The highest BCUT2D eigenvalue weighted by atomic mass is 35.5. The number of alkyl halides is 5. The molecule has 0 radical (unpaired) electrons. The third kappa shape index (κ3) is 3.85. The van der Waals surface area contributed by atoms with Gasteiger partial charge in [-0.25, -0.2) is 0 Å². The van der Waals surface area contributed by atoms with Gasteiger partial charge < -0.3 is 0 Å². The Balaban J connectivity index is 2.57. The lowest BCUT2D eigenvalue weighted by atomic mass is 9.89. The van der Waals surface area contributed by atoms with Gasteiger partial charge in [0.15, 0.2) is 0 Å². The van der Waals surface area contributed by atoms with E-state index in [1.807, 2.05) is 0 Å². The lowest BCUT2D eigenvalue weighted by molar-refractivity contribution is -0.138. The molecule has 2 rings (SSSR count). The van der Waals surface area contributed by atoms with Gasteiger partial charge in [-0.2, -0.15) is 13.2 Å². The van der Waals surface area contributed by atoms with E-state index in [4.69, 9.17) is 34.8 Å². The molecule has 0 saturated heterocycles. The zero-order chi connectivity index (χ0) is 15.6. The summed E-state index contributed by atoms with van der Waals surface area (Å²) in [4.78, 5) is -1.02. The molecule has 0 bridgehead atoms. The largest absolute Gasteiger partial charge is 0.416 e. The number of hydrogen-bond donors (Lipinski definition) is 0. The summed E-state index contributed by atoms with van der Waals surface area (Å²) in [6, 6.07) is 11.7. The van der Waals surface area contributed by atoms with Crippen LogP contribution >= 0.6 is 34.8 Å². The Morgan fingerprint density at radius 1 is 0.857 bits per heavy atom. The van der Waals surface area contributed by atoms with Gasteiger partial charge in [0.05, 0.1) is 5.56 Å². The average molecular weight is 354 g/mol. The first-order chi connectivity index (χ1) is 9.80. The monoisotopic (exact) mass is 352 g/mol. The van der Waals surface area contributed by atoms with Gasteiger partial charge in [0.2, 0.25) is 0 Å². The molecule has 6 heteroatoms. The molecule has 2 aromatic carbocycles. The molecule has 1 atom stereocenters. The van der Waals surface area contributed by atoms with Gasteiger partial charge in [-0.1, -0.05) is 41.9 Å². The topological polar surface area (TPSA) is 0 Å². The van der Waals surface area contributed by atoms with Crippen LogP contribution in [0.5, 0.6) is 0 Å². The fourth-order valence-corrected chi connectivity index (χ4v) is 2.85. The van der Waals surface area contributed by atoms with E-state index >= 15 is 0 Å². The van der Waals surface area contributed by atoms with Gasteiger partial charge in [-0.05, 0) is 29.3 Å². The SMILES string of the molecule is FC(F)(F)c1ccccc1C(c1ccc(Cl)cc1)C(Cl)Cl. The fourth-order valence-electron chi connectivity index (χ4n) is 2.16. The van der Waals surface area contributed by atoms with Crippen LogP contribution in [0.25, 0.3) is 0 Å². The van der Waals surface area contributed by atoms with Crippen LogP contribution in [0.2, 0.25) is 5.02 Å². The second kappa shape index (κ2) is 6.47. The predicted octanol–water partition coefficient (Wildman–Crippen LogP) is 6.29. The summed E-state index contributed by atoms with van der Waals surface area (Å²) in [6.07, 6.45) is -4.47. The van der Waals surface area contributed by atoms with Gasteiger partial charge in [0.25, 0.3) is 0 Å². The Bertz CT molecular complexity index is 606. The van der Waals surface area contributed by atoms with Crippen molar-refractivity contribution in [3.63, 3.8) is 0 Å². The smallest absolute Gasteiger partial charge is 0.166 e. The van der Waals surface area contributed by atoms with Crippen molar-refractivity contribution in [1.82, 2.24) is 0 Å². The lowest BCUT2D eigenvalue weighted by Crippen LogP contribution is -2.16. The summed E-state index contributed by atoms with van der Waals surface area (Å²) in [7, 11) is 0. The Hall–Kier alpha value is -0.900. The number of hydrogen-bond acceptors (Lipinski definition) is 0. The average Bonchev–Trinajstić information content (AvgIpc) is 2.40. The summed E-state index contributed by atoms with van der Waals surface area (Å²) in [5.74, 6) is -0.788. The van der Waals surface area contributed by atoms with Crippen LogP contribution < -0.4 is 0 Å². The van der Waals surface area contributed by atoms with E-state index in [0.29, 0.717) is 10.6 Å². The quantitative estimate of drug-likeness (QED) is 0.568. The maximum atomic E-state index is 13.1. The zero-order valence-electron chi connectivity index (χ0n) is 10.5. The molecular formula is C15H10Cl3F3. The summed E-state index contributed by atoms with van der Waals surface area (Å²) in [6.45, 7) is 0. The lowest BCUT2D eigenvalue weighted by Gasteiger charge is -2.23. The van der Waals surface area contributed by atoms with Gasteiger partial charge in [0.1, 0.15) is 4.84 Å². The highest BCUT2D eigenvalue weighted by Gasteiger charge is 2.36. The van der Waals surface area contributed by atoms with Gasteiger partial charge in [-0.3, -0.25) is 0 Å². The molecule has 0 amide bonds. The van der Waals surface area contributed by atoms with Crippen LogP contribution in [0.4, 0.5) is 13.2 Å². The molecule has 0 fully saturated rings. The van der Waals surface area contributed by atoms with Crippen molar-refractivity contribution >= 4 is 34.8 Å². The zero-order valence-corrected chi connectivity index (χ0v) is 12.8. The maximum absolute atomic E-state index is 13.1. The van der Waals surface area contributed by atoms with Crippen molar-refractivity contribution in [3.8, 4) is 0 Å². The number of benzene rings is 2. The van der Waals surface area contributed by atoms with E-state index in [9.17, 15) is 13.2 Å². The van der Waals surface area contributed by atoms with Crippen LogP contribution in [-0.2, 0) is 6.18 Å². The van der Waals surface area contributed by atoms with Crippen LogP contribution in [0.15, 0.2) is 48.5 Å². The molecule has 0 nitrogen and oxygen atoms in total. The summed E-state index contributed by atoms with van der Waals surface area (Å²) in [5.41, 5.74) is -0.121. The van der Waals surface area contributed by atoms with Crippen LogP contribution in [-0.4, -0.2) is 4.84 Å². The normalized spacial score (nSPS) is 13.5. The first kappa shape index (κ1) is 16.5. The Kier molecular flexibility index (Phi) is 5.07. The van der Waals surface area contributed by atoms with E-state index in [1.165, 1.54) is 18.2 Å². The third-order valence-electron chi connectivity index (χ3n) is 3.08. The molecule has 1 unspecified atom stereocenters. The second-order valence-corrected chi connectivity index (χ2v) is 6.05. The molecule has 112 valence electrons. The molecule has 0 spiro atoms. The minimum Gasteiger partial charge on any atom is -0.166 e. The number of halogens is 6. The first-order valence-corrected chi connectivity index (χ1v) is 7.25. The molecule has 0 heterocycles. The molecule has 0 aromatic heterocycles. The molecule has 0 N–H and O–H groups in total. The summed E-state index contributed by atoms with van der Waals surface area (Å²) >= 11 is 17.7. The second-order valence-electron chi connectivity index (χ2n) is 4.45. The first-order valence-electron chi connectivity index (χ1n) is 6.00. The molecule has 0 aliphatic carbocycles. The van der Waals surface area contributed by atoms with Gasteiger partial charge in [0, 0.05) is 10.9 Å². The third-order valence-corrected chi connectivity index (χ3v) is 3.84. The highest BCUT2D eigenvalue weighted by Crippen LogP contribution is 2.41. The van der Waals surface area contributed by atoms with Crippen molar-refractivity contribution in [2.45, 2.75) is 16.9 Å². The molecule has 0 aliphatic rings. The molecular weight excluding hydrogens is 344 g/mol. The number of rotatable bonds is 3. The Morgan fingerprint density at radius 3 is 1.95 bits per heavy atom. The van der Waals surface area contributed by atoms with Crippen molar-refractivity contribution < 1.29 is 13.2 Å². The standard InChI is InChI=1S/C15H10Cl3F3/c16-10-7-5-9(6-8-10)13(14(17)18)11-3-1-2-4-12(11)15(19,20)21/h1-8,13-14H. The van der Waals surface area contributed by atoms with E-state index in [0.717, 1.165) is 6.07 Å². The van der Waals surface area contributed by atoms with Crippen molar-refractivity contribution in [2.24, 2.45) is 0 Å². The van der Waals surface area contributed by atoms with Crippen molar-refractivity contribution in [1.29, 1.82) is 0 Å². The van der Waals surface area contributed by atoms with Crippen molar-refractivity contribution in [3.05, 3.63) is 70.2 Å². The van der Waals surface area contributed by atoms with Crippen molar-refractivity contribution in [2.75, 3.05) is 0 Å². The van der Waals surface area contributed by atoms with Crippen LogP contribution in [0.3, 0.4) is 0 Å². The fraction of sp³-hybridized carbons (Fsp3) is 0.200. The molecule has 0 aliphatic heterocycles. The minimum absolute atomic E-state index is 0.0438. The molecule has 0 saturated carbocycles. The van der Waals surface area contributed by atoms with Crippen LogP contribution in [0.1, 0.15) is 22.6 Å². The van der Waals surface area contributed by atoms with Gasteiger partial charge >= 0.3 is 6.18 Å². The molecule has 21 heavy (non-hydrogen) atoms. The van der Waals surface area contributed by atoms with E-state index in [2.05, 4.69) is 0 Å². The summed E-state index contributed by atoms with van der Waals surface area (Å²) in [5, 5.41) is 0.488. The maximum Gasteiger partial charge on any atom is 0.416 e. The predicted molar refractivity (Wildman–Crippen MR) is 80.2 cm³/mol. The molecule has 2 aromatic rings. The Labute approximate surface area is 135 Å². The van der Waals surface area contributed by atoms with E-state index < -0.39 is 22.5 Å². The highest BCUT2D eigenvalue weighted by molar-refractivity contribution is 6.45.